The largest absolute Gasteiger partial charge is 0.451 e. The highest BCUT2D eigenvalue weighted by atomic mass is 19.4. The zero-order valence-electron chi connectivity index (χ0n) is 7.20. The van der Waals surface area contributed by atoms with Crippen molar-refractivity contribution >= 4 is 5.78 Å². The molecule has 0 aromatic rings. The van der Waals surface area contributed by atoms with E-state index in [-0.39, 0.29) is 0 Å². The molecule has 0 radical (unpaired) electrons. The van der Waals surface area contributed by atoms with Gasteiger partial charge in [-0.25, -0.2) is 0 Å². The average molecular weight is 183 g/mol. The normalized spacial score (nSPS) is 15.9. The third kappa shape index (κ3) is 2.81. The van der Waals surface area contributed by atoms with Gasteiger partial charge in [-0.1, -0.05) is 20.8 Å². The molecule has 0 aromatic carbocycles. The topological polar surface area (TPSA) is 43.1 Å². The lowest BCUT2D eigenvalue weighted by atomic mass is 9.85. The minimum atomic E-state index is -4.83. The highest BCUT2D eigenvalue weighted by Gasteiger charge is 2.45. The lowest BCUT2D eigenvalue weighted by Crippen LogP contribution is -2.48. The van der Waals surface area contributed by atoms with Gasteiger partial charge in [-0.05, 0) is 5.41 Å². The summed E-state index contributed by atoms with van der Waals surface area (Å²) in [6.45, 7) is 4.46. The van der Waals surface area contributed by atoms with E-state index in [1.54, 1.807) is 0 Å². The molecule has 0 fully saturated rings. The summed E-state index contributed by atoms with van der Waals surface area (Å²) in [5, 5.41) is 0. The Bertz CT molecular complexity index is 180. The molecule has 0 heterocycles. The van der Waals surface area contributed by atoms with Crippen molar-refractivity contribution in [3.8, 4) is 0 Å². The van der Waals surface area contributed by atoms with Gasteiger partial charge in [0.2, 0.25) is 0 Å². The molecule has 0 aliphatic rings. The zero-order chi connectivity index (χ0) is 10.2. The first-order valence-electron chi connectivity index (χ1n) is 3.43. The third-order valence-corrected chi connectivity index (χ3v) is 1.49. The minimum Gasteiger partial charge on any atom is -0.321 e. The molecule has 72 valence electrons. The molecule has 0 bridgehead atoms. The lowest BCUT2D eigenvalue weighted by Gasteiger charge is -2.26. The first-order valence-corrected chi connectivity index (χ1v) is 3.43. The molecule has 0 unspecified atom stereocenters. The number of carbonyl (C=O) groups excluding carboxylic acids is 1. The Kier molecular flexibility index (Phi) is 2.90. The van der Waals surface area contributed by atoms with Gasteiger partial charge in [-0.3, -0.25) is 4.79 Å². The number of hydrogen-bond acceptors (Lipinski definition) is 2. The fourth-order valence-electron chi connectivity index (χ4n) is 0.570. The van der Waals surface area contributed by atoms with Crippen LogP contribution < -0.4 is 5.73 Å². The quantitative estimate of drug-likeness (QED) is 0.669. The molecule has 0 aromatic heterocycles. The minimum absolute atomic E-state index is 0.855. The summed E-state index contributed by atoms with van der Waals surface area (Å²) in [6.07, 6.45) is -4.83. The Morgan fingerprint density at radius 1 is 1.25 bits per heavy atom. The number of alkyl halides is 3. The Balaban J connectivity index is 4.53. The van der Waals surface area contributed by atoms with Gasteiger partial charge in [0.15, 0.2) is 0 Å². The van der Waals surface area contributed by atoms with Gasteiger partial charge < -0.3 is 5.73 Å². The summed E-state index contributed by atoms with van der Waals surface area (Å²) in [6, 6.07) is -1.49. The SMILES string of the molecule is CC(C)(C)[C@H](N)C(=O)C(F)(F)F. The molecule has 0 saturated heterocycles. The molecule has 0 aliphatic carbocycles. The van der Waals surface area contributed by atoms with Crippen LogP contribution in [0.25, 0.3) is 0 Å². The van der Waals surface area contributed by atoms with Crippen molar-refractivity contribution in [1.82, 2.24) is 0 Å². The first kappa shape index (κ1) is 11.4. The summed E-state index contributed by atoms with van der Waals surface area (Å²) < 4.78 is 35.4. The monoisotopic (exact) mass is 183 g/mol. The smallest absolute Gasteiger partial charge is 0.321 e. The van der Waals surface area contributed by atoms with Gasteiger partial charge in [0.25, 0.3) is 5.78 Å². The van der Waals surface area contributed by atoms with Gasteiger partial charge >= 0.3 is 6.18 Å². The highest BCUT2D eigenvalue weighted by Crippen LogP contribution is 2.25. The predicted octanol–water partition coefficient (Wildman–Crippen LogP) is 1.49. The number of ketones is 1. The van der Waals surface area contributed by atoms with Crippen LogP contribution in [-0.4, -0.2) is 18.0 Å². The summed E-state index contributed by atoms with van der Waals surface area (Å²) in [7, 11) is 0. The molecule has 0 aliphatic heterocycles. The van der Waals surface area contributed by atoms with Crippen LogP contribution in [-0.2, 0) is 4.79 Å². The maximum absolute atomic E-state index is 11.8. The predicted molar refractivity (Wildman–Crippen MR) is 38.5 cm³/mol. The molecule has 0 rings (SSSR count). The average Bonchev–Trinajstić information content (AvgIpc) is 1.80. The fourth-order valence-corrected chi connectivity index (χ4v) is 0.570. The van der Waals surface area contributed by atoms with Crippen molar-refractivity contribution in [1.29, 1.82) is 0 Å². The van der Waals surface area contributed by atoms with Crippen LogP contribution in [0.4, 0.5) is 13.2 Å². The van der Waals surface area contributed by atoms with E-state index in [1.807, 2.05) is 0 Å². The molecule has 1 atom stereocenters. The number of halogens is 3. The molecule has 0 saturated carbocycles. The van der Waals surface area contributed by atoms with Crippen molar-refractivity contribution in [2.24, 2.45) is 11.1 Å². The second-order valence-electron chi connectivity index (χ2n) is 3.71. The van der Waals surface area contributed by atoms with Crippen LogP contribution in [0.2, 0.25) is 0 Å². The maximum atomic E-state index is 11.8. The van der Waals surface area contributed by atoms with E-state index in [2.05, 4.69) is 0 Å². The van der Waals surface area contributed by atoms with Gasteiger partial charge in [0.05, 0.1) is 6.04 Å². The van der Waals surface area contributed by atoms with E-state index in [0.29, 0.717) is 0 Å². The molecule has 0 amide bonds. The van der Waals surface area contributed by atoms with Crippen LogP contribution >= 0.6 is 0 Å². The molecule has 2 N–H and O–H groups in total. The summed E-state index contributed by atoms with van der Waals surface area (Å²) >= 11 is 0. The Morgan fingerprint density at radius 3 is 1.67 bits per heavy atom. The molecule has 5 heteroatoms. The van der Waals surface area contributed by atoms with Crippen molar-refractivity contribution in [3.05, 3.63) is 0 Å². The van der Waals surface area contributed by atoms with Crippen LogP contribution in [0.15, 0.2) is 0 Å². The Morgan fingerprint density at radius 2 is 1.58 bits per heavy atom. The van der Waals surface area contributed by atoms with Crippen molar-refractivity contribution in [3.63, 3.8) is 0 Å². The third-order valence-electron chi connectivity index (χ3n) is 1.49. The summed E-state index contributed by atoms with van der Waals surface area (Å²) in [4.78, 5) is 10.6. The Hall–Kier alpha value is -0.580. The van der Waals surface area contributed by atoms with E-state index < -0.39 is 23.4 Å². The van der Waals surface area contributed by atoms with E-state index in [0.717, 1.165) is 0 Å². The van der Waals surface area contributed by atoms with Crippen LogP contribution in [0.3, 0.4) is 0 Å². The van der Waals surface area contributed by atoms with E-state index in [4.69, 9.17) is 5.73 Å². The molecular formula is C7H12F3NO. The number of rotatable bonds is 1. The fraction of sp³-hybridized carbons (Fsp3) is 0.857. The number of nitrogens with two attached hydrogens (primary N) is 1. The Labute approximate surface area is 68.9 Å². The first-order chi connectivity index (χ1) is 5.07. The van der Waals surface area contributed by atoms with Gasteiger partial charge in [0, 0.05) is 0 Å². The van der Waals surface area contributed by atoms with Gasteiger partial charge in [-0.15, -0.1) is 0 Å². The van der Waals surface area contributed by atoms with Crippen molar-refractivity contribution in [2.75, 3.05) is 0 Å². The van der Waals surface area contributed by atoms with Crippen LogP contribution in [0.1, 0.15) is 20.8 Å². The van der Waals surface area contributed by atoms with Crippen molar-refractivity contribution < 1.29 is 18.0 Å². The molecule has 2 nitrogen and oxygen atoms in total. The van der Waals surface area contributed by atoms with Crippen LogP contribution in [0, 0.1) is 5.41 Å². The molecular weight excluding hydrogens is 171 g/mol. The van der Waals surface area contributed by atoms with E-state index in [1.165, 1.54) is 20.8 Å². The highest BCUT2D eigenvalue weighted by molar-refractivity contribution is 5.89. The number of Topliss-reactive ketones (excluding diaryl/α,β-unsaturated/α-hetero) is 1. The second kappa shape index (κ2) is 3.05. The lowest BCUT2D eigenvalue weighted by molar-refractivity contribution is -0.174. The van der Waals surface area contributed by atoms with Gasteiger partial charge in [0.1, 0.15) is 0 Å². The number of carbonyl (C=O) groups is 1. The van der Waals surface area contributed by atoms with Gasteiger partial charge in [-0.2, -0.15) is 13.2 Å². The van der Waals surface area contributed by atoms with Crippen molar-refractivity contribution in [2.45, 2.75) is 33.0 Å². The summed E-state index contributed by atoms with van der Waals surface area (Å²) in [5.41, 5.74) is 4.26. The summed E-state index contributed by atoms with van der Waals surface area (Å²) in [5.74, 6) is -1.87. The zero-order valence-corrected chi connectivity index (χ0v) is 7.20. The molecule has 12 heavy (non-hydrogen) atoms. The standard InChI is InChI=1S/C7H12F3NO/c1-6(2,3)4(11)5(12)7(8,9)10/h4H,11H2,1-3H3/t4-/m1/s1. The van der Waals surface area contributed by atoms with Crippen LogP contribution in [0.5, 0.6) is 0 Å². The molecule has 0 spiro atoms. The second-order valence-corrected chi connectivity index (χ2v) is 3.71. The maximum Gasteiger partial charge on any atom is 0.451 e. The number of hydrogen-bond donors (Lipinski definition) is 1. The van der Waals surface area contributed by atoms with E-state index >= 15 is 0 Å². The van der Waals surface area contributed by atoms with E-state index in [9.17, 15) is 18.0 Å².